The van der Waals surface area contributed by atoms with Crippen molar-refractivity contribution in [3.8, 4) is 0 Å². The number of pyridine rings is 1. The second-order valence-electron chi connectivity index (χ2n) is 3.13. The van der Waals surface area contributed by atoms with Crippen LogP contribution in [0.3, 0.4) is 0 Å². The zero-order chi connectivity index (χ0) is 9.42. The van der Waals surface area contributed by atoms with Crippen molar-refractivity contribution < 1.29 is 0 Å². The van der Waals surface area contributed by atoms with Gasteiger partial charge in [0.1, 0.15) is 5.82 Å². The van der Waals surface area contributed by atoms with Gasteiger partial charge >= 0.3 is 0 Å². The fourth-order valence-corrected chi connectivity index (χ4v) is 1.51. The number of halogens is 2. The molecule has 1 aliphatic carbocycles. The number of nitrogens with one attached hydrogen (secondary N) is 1. The molecule has 3 nitrogen and oxygen atoms in total. The Morgan fingerprint density at radius 3 is 2.77 bits per heavy atom. The minimum atomic E-state index is 0.230. The molecule has 2 rings (SSSR count). The topological polar surface area (TPSA) is 50.9 Å². The van der Waals surface area contributed by atoms with E-state index in [0.29, 0.717) is 21.9 Å². The van der Waals surface area contributed by atoms with Gasteiger partial charge in [0, 0.05) is 18.3 Å². The molecule has 5 heteroatoms. The molecule has 1 aromatic rings. The van der Waals surface area contributed by atoms with Crippen molar-refractivity contribution in [1.82, 2.24) is 4.98 Å². The van der Waals surface area contributed by atoms with Crippen molar-refractivity contribution in [1.29, 1.82) is 0 Å². The van der Waals surface area contributed by atoms with Gasteiger partial charge in [-0.3, -0.25) is 0 Å². The van der Waals surface area contributed by atoms with E-state index in [-0.39, 0.29) is 6.04 Å². The Morgan fingerprint density at radius 1 is 1.54 bits per heavy atom. The van der Waals surface area contributed by atoms with Crippen molar-refractivity contribution in [2.75, 3.05) is 5.32 Å². The van der Waals surface area contributed by atoms with Crippen LogP contribution in [-0.2, 0) is 0 Å². The third-order valence-electron chi connectivity index (χ3n) is 1.97. The molecule has 1 aromatic heterocycles. The van der Waals surface area contributed by atoms with E-state index in [1.807, 2.05) is 0 Å². The molecule has 1 saturated carbocycles. The van der Waals surface area contributed by atoms with Gasteiger partial charge in [-0.15, -0.1) is 0 Å². The molecule has 1 heterocycles. The summed E-state index contributed by atoms with van der Waals surface area (Å²) in [6.45, 7) is 0. The third kappa shape index (κ3) is 2.05. The molecule has 1 aliphatic rings. The quantitative estimate of drug-likeness (QED) is 0.796. The molecule has 13 heavy (non-hydrogen) atoms. The summed E-state index contributed by atoms with van der Waals surface area (Å²) in [5.74, 6) is 0.656. The number of nitrogens with zero attached hydrogens (tertiary/aromatic N) is 1. The van der Waals surface area contributed by atoms with Crippen LogP contribution in [0.15, 0.2) is 12.3 Å². The highest BCUT2D eigenvalue weighted by molar-refractivity contribution is 6.35. The zero-order valence-electron chi connectivity index (χ0n) is 6.80. The highest BCUT2D eigenvalue weighted by atomic mass is 35.5. The standard InChI is InChI=1S/C8H9Cl2N3/c9-4-1-5(10)8(12-3-4)13-7-2-6(7)11/h1,3,6-7H,2,11H2,(H,12,13). The molecule has 1 fully saturated rings. The van der Waals surface area contributed by atoms with Crippen molar-refractivity contribution in [2.24, 2.45) is 5.73 Å². The molecule has 2 unspecified atom stereocenters. The lowest BCUT2D eigenvalue weighted by atomic mass is 10.4. The van der Waals surface area contributed by atoms with Crippen LogP contribution in [0.4, 0.5) is 5.82 Å². The Bertz CT molecular complexity index is 329. The normalized spacial score (nSPS) is 25.8. The van der Waals surface area contributed by atoms with E-state index in [9.17, 15) is 0 Å². The van der Waals surface area contributed by atoms with E-state index in [0.717, 1.165) is 6.42 Å². The number of nitrogens with two attached hydrogens (primary N) is 1. The van der Waals surface area contributed by atoms with Gasteiger partial charge in [-0.2, -0.15) is 0 Å². The number of hydrogen-bond acceptors (Lipinski definition) is 3. The monoisotopic (exact) mass is 217 g/mol. The van der Waals surface area contributed by atoms with Gasteiger partial charge in [0.2, 0.25) is 0 Å². The molecule has 70 valence electrons. The molecule has 2 atom stereocenters. The van der Waals surface area contributed by atoms with Crippen molar-refractivity contribution in [3.63, 3.8) is 0 Å². The second-order valence-corrected chi connectivity index (χ2v) is 3.98. The summed E-state index contributed by atoms with van der Waals surface area (Å²) in [5.41, 5.74) is 5.63. The number of anilines is 1. The average molecular weight is 218 g/mol. The molecule has 0 aromatic carbocycles. The fourth-order valence-electron chi connectivity index (χ4n) is 1.08. The fraction of sp³-hybridized carbons (Fsp3) is 0.375. The van der Waals surface area contributed by atoms with Crippen LogP contribution in [-0.4, -0.2) is 17.1 Å². The highest BCUT2D eigenvalue weighted by Crippen LogP contribution is 2.28. The number of rotatable bonds is 2. The first-order chi connectivity index (χ1) is 6.16. The molecule has 0 saturated heterocycles. The summed E-state index contributed by atoms with van der Waals surface area (Å²) in [7, 11) is 0. The molecule has 0 aliphatic heterocycles. The van der Waals surface area contributed by atoms with Crippen LogP contribution in [0, 0.1) is 0 Å². The van der Waals surface area contributed by atoms with Crippen LogP contribution < -0.4 is 11.1 Å². The SMILES string of the molecule is NC1CC1Nc1ncc(Cl)cc1Cl. The molecule has 0 bridgehead atoms. The van der Waals surface area contributed by atoms with Gasteiger partial charge in [0.25, 0.3) is 0 Å². The van der Waals surface area contributed by atoms with Crippen LogP contribution >= 0.6 is 23.2 Å². The first kappa shape index (κ1) is 9.06. The Hall–Kier alpha value is -0.510. The van der Waals surface area contributed by atoms with Gasteiger partial charge in [0.05, 0.1) is 10.0 Å². The van der Waals surface area contributed by atoms with Crippen LogP contribution in [0.25, 0.3) is 0 Å². The van der Waals surface area contributed by atoms with E-state index in [1.165, 1.54) is 0 Å². The van der Waals surface area contributed by atoms with Crippen LogP contribution in [0.1, 0.15) is 6.42 Å². The van der Waals surface area contributed by atoms with Crippen molar-refractivity contribution >= 4 is 29.0 Å². The smallest absolute Gasteiger partial charge is 0.145 e. The molecule has 0 radical (unpaired) electrons. The predicted molar refractivity (Wildman–Crippen MR) is 54.3 cm³/mol. The maximum absolute atomic E-state index is 5.90. The molecular formula is C8H9Cl2N3. The average Bonchev–Trinajstić information content (AvgIpc) is 2.73. The van der Waals surface area contributed by atoms with Crippen molar-refractivity contribution in [3.05, 3.63) is 22.3 Å². The molecule has 0 spiro atoms. The van der Waals surface area contributed by atoms with E-state index in [4.69, 9.17) is 28.9 Å². The maximum Gasteiger partial charge on any atom is 0.145 e. The Morgan fingerprint density at radius 2 is 2.23 bits per heavy atom. The molecular weight excluding hydrogens is 209 g/mol. The highest BCUT2D eigenvalue weighted by Gasteiger charge is 2.33. The van der Waals surface area contributed by atoms with Gasteiger partial charge < -0.3 is 11.1 Å². The lowest BCUT2D eigenvalue weighted by Gasteiger charge is -2.05. The second kappa shape index (κ2) is 3.33. The predicted octanol–water partition coefficient (Wildman–Crippen LogP) is 1.90. The lowest BCUT2D eigenvalue weighted by molar-refractivity contribution is 0.996. The molecule has 0 amide bonds. The van der Waals surface area contributed by atoms with E-state index in [2.05, 4.69) is 10.3 Å². The first-order valence-corrected chi connectivity index (χ1v) is 4.75. The van der Waals surface area contributed by atoms with Gasteiger partial charge in [-0.25, -0.2) is 4.98 Å². The minimum absolute atomic E-state index is 0.230. The summed E-state index contributed by atoms with van der Waals surface area (Å²) in [4.78, 5) is 4.06. The Balaban J connectivity index is 2.11. The Labute approximate surface area is 86.2 Å². The Kier molecular flexibility index (Phi) is 2.32. The van der Waals surface area contributed by atoms with Gasteiger partial charge in [-0.05, 0) is 12.5 Å². The lowest BCUT2D eigenvalue weighted by Crippen LogP contribution is -2.14. The summed E-state index contributed by atoms with van der Waals surface area (Å²) in [6, 6.07) is 2.20. The van der Waals surface area contributed by atoms with Crippen LogP contribution in [0.2, 0.25) is 10.0 Å². The summed E-state index contributed by atoms with van der Waals surface area (Å²) >= 11 is 11.6. The van der Waals surface area contributed by atoms with Crippen molar-refractivity contribution in [2.45, 2.75) is 18.5 Å². The summed E-state index contributed by atoms with van der Waals surface area (Å²) < 4.78 is 0. The maximum atomic E-state index is 5.90. The third-order valence-corrected chi connectivity index (χ3v) is 2.46. The summed E-state index contributed by atoms with van der Waals surface area (Å²) in [5, 5.41) is 4.21. The summed E-state index contributed by atoms with van der Waals surface area (Å²) in [6.07, 6.45) is 2.53. The largest absolute Gasteiger partial charge is 0.364 e. The van der Waals surface area contributed by atoms with Gasteiger partial charge in [-0.1, -0.05) is 23.2 Å². The van der Waals surface area contributed by atoms with E-state index >= 15 is 0 Å². The van der Waals surface area contributed by atoms with Gasteiger partial charge in [0.15, 0.2) is 0 Å². The minimum Gasteiger partial charge on any atom is -0.364 e. The van der Waals surface area contributed by atoms with E-state index in [1.54, 1.807) is 12.3 Å². The molecule has 3 N–H and O–H groups in total. The zero-order valence-corrected chi connectivity index (χ0v) is 8.31. The van der Waals surface area contributed by atoms with Crippen LogP contribution in [0.5, 0.6) is 0 Å². The first-order valence-electron chi connectivity index (χ1n) is 4.00. The number of aromatic nitrogens is 1. The number of hydrogen-bond donors (Lipinski definition) is 2. The van der Waals surface area contributed by atoms with E-state index < -0.39 is 0 Å².